The van der Waals surface area contributed by atoms with Gasteiger partial charge in [-0.1, -0.05) is 0 Å². The van der Waals surface area contributed by atoms with Gasteiger partial charge in [-0.2, -0.15) is 42.1 Å². The number of sulfone groups is 2. The predicted molar refractivity (Wildman–Crippen MR) is 212 cm³/mol. The van der Waals surface area contributed by atoms with Gasteiger partial charge in [0.25, 0.3) is 30.4 Å². The van der Waals surface area contributed by atoms with Gasteiger partial charge in [0.1, 0.15) is 44.2 Å². The molecule has 7 N–H and O–H groups in total. The van der Waals surface area contributed by atoms with Crippen LogP contribution in [0, 0.1) is 0 Å². The SMILES string of the molecule is COc1ccc(S(=O)(=O)CCOS(=O)(=O)O)cc1/N=N/c1c(S(=O)(=O)O)cc2c(/N=N/c3ccc(S(=O)(=O)CCOS(=O)(=O)O)cc3S(=O)(=O)O)c(NCS(=O)(=O)O)ccc2c1O. The minimum atomic E-state index is -5.49. The Morgan fingerprint density at radius 3 is 1.57 bits per heavy atom. The van der Waals surface area contributed by atoms with Crippen molar-refractivity contribution in [3.63, 3.8) is 0 Å². The van der Waals surface area contributed by atoms with E-state index >= 15 is 0 Å². The molecule has 0 aliphatic heterocycles. The van der Waals surface area contributed by atoms with Crippen LogP contribution in [0.15, 0.2) is 94.6 Å². The van der Waals surface area contributed by atoms with Crippen molar-refractivity contribution in [1.29, 1.82) is 0 Å². The summed E-state index contributed by atoms with van der Waals surface area (Å²) in [4.78, 5) is -3.92. The maximum Gasteiger partial charge on any atom is 0.397 e. The molecule has 0 spiro atoms. The predicted octanol–water partition coefficient (Wildman–Crippen LogP) is 2.32. The molecule has 0 unspecified atom stereocenters. The zero-order valence-corrected chi connectivity index (χ0v) is 36.7. The molecule has 0 radical (unpaired) electrons. The number of aromatic hydroxyl groups is 1. The Morgan fingerprint density at radius 1 is 0.556 bits per heavy atom. The van der Waals surface area contributed by atoms with Gasteiger partial charge < -0.3 is 15.2 Å². The summed E-state index contributed by atoms with van der Waals surface area (Å²) < 4.78 is 228. The molecule has 0 aliphatic carbocycles. The summed E-state index contributed by atoms with van der Waals surface area (Å²) in [5.41, 5.74) is -3.50. The Bertz CT molecular complexity index is 3340. The first-order valence-electron chi connectivity index (χ1n) is 16.0. The van der Waals surface area contributed by atoms with Crippen molar-refractivity contribution in [3.05, 3.63) is 54.6 Å². The maximum atomic E-state index is 12.8. The van der Waals surface area contributed by atoms with Crippen LogP contribution in [0.5, 0.6) is 11.5 Å². The molecule has 0 aromatic heterocycles. The van der Waals surface area contributed by atoms with Gasteiger partial charge in [0, 0.05) is 10.8 Å². The van der Waals surface area contributed by atoms with E-state index in [0.717, 1.165) is 37.4 Å². The average Bonchev–Trinajstić information content (AvgIpc) is 3.13. The monoisotopic (exact) mass is 1030 g/mol. The van der Waals surface area contributed by atoms with Gasteiger partial charge in [0.05, 0.1) is 47.3 Å². The Labute approximate surface area is 357 Å². The number of methoxy groups -OCH3 is 1. The standard InChI is InChI=1S/C28H29N5O23S7/c1-54-23-7-3-16(57(35,36)10-8-55-62(48,49)50)12-22(23)31-33-27-25(61(45,46)47)14-19-18(28(27)34)4-6-21(29-15-59(39,40)41)26(19)32-30-20-5-2-17(13-24(20)60(42,43)44)58(37,38)11-9-56-63(51,52)53/h2-7,12-14,29,34H,8-11,15H2,1H3,(H,39,40,41)(H,42,43,44)(H,45,46,47)(H,48,49,50)(H,51,52,53)/b32-30+,33-31+. The van der Waals surface area contributed by atoms with E-state index < -0.39 is 166 Å². The lowest BCUT2D eigenvalue weighted by Gasteiger charge is -2.14. The summed E-state index contributed by atoms with van der Waals surface area (Å²) in [6.07, 6.45) is 0. The fourth-order valence-corrected chi connectivity index (χ4v) is 9.70. The number of azo groups is 2. The third kappa shape index (κ3) is 13.8. The Kier molecular flexibility index (Phi) is 15.0. The molecule has 0 fully saturated rings. The number of hydrogen-bond acceptors (Lipinski definition) is 23. The van der Waals surface area contributed by atoms with E-state index in [1.54, 1.807) is 0 Å². The molecule has 28 nitrogen and oxygen atoms in total. The first-order chi connectivity index (χ1) is 28.7. The number of nitrogens with zero attached hydrogens (tertiary/aromatic N) is 4. The molecule has 346 valence electrons. The van der Waals surface area contributed by atoms with Crippen LogP contribution >= 0.6 is 0 Å². The van der Waals surface area contributed by atoms with Gasteiger partial charge >= 0.3 is 20.8 Å². The summed E-state index contributed by atoms with van der Waals surface area (Å²) in [6, 6.07) is 7.14. The summed E-state index contributed by atoms with van der Waals surface area (Å²) in [7, 11) is -33.7. The van der Waals surface area contributed by atoms with Crippen LogP contribution < -0.4 is 10.1 Å². The highest BCUT2D eigenvalue weighted by molar-refractivity contribution is 7.92. The van der Waals surface area contributed by atoms with Crippen molar-refractivity contribution < 1.29 is 99.9 Å². The van der Waals surface area contributed by atoms with Crippen LogP contribution in [-0.4, -0.2) is 125 Å². The zero-order chi connectivity index (χ0) is 47.6. The van der Waals surface area contributed by atoms with Crippen LogP contribution in [0.2, 0.25) is 0 Å². The highest BCUT2D eigenvalue weighted by Crippen LogP contribution is 2.47. The molecular weight excluding hydrogens is 999 g/mol. The van der Waals surface area contributed by atoms with Crippen LogP contribution in [0.1, 0.15) is 0 Å². The number of phenolic OH excluding ortho intramolecular Hbond substituents is 1. The van der Waals surface area contributed by atoms with E-state index in [1.165, 1.54) is 0 Å². The van der Waals surface area contributed by atoms with Gasteiger partial charge in [-0.15, -0.1) is 20.5 Å². The molecule has 0 amide bonds. The molecular formula is C28H29N5O23S7. The van der Waals surface area contributed by atoms with Gasteiger partial charge in [-0.05, 0) is 54.6 Å². The van der Waals surface area contributed by atoms with Crippen molar-refractivity contribution in [1.82, 2.24) is 0 Å². The number of anilines is 1. The van der Waals surface area contributed by atoms with Crippen molar-refractivity contribution in [3.8, 4) is 11.5 Å². The lowest BCUT2D eigenvalue weighted by atomic mass is 10.1. The Balaban J connectivity index is 1.93. The molecule has 35 heteroatoms. The lowest BCUT2D eigenvalue weighted by Crippen LogP contribution is -2.16. The number of benzene rings is 4. The van der Waals surface area contributed by atoms with Gasteiger partial charge in [-0.25, -0.2) is 25.2 Å². The van der Waals surface area contributed by atoms with E-state index in [0.29, 0.717) is 24.3 Å². The highest BCUT2D eigenvalue weighted by Gasteiger charge is 2.27. The summed E-state index contributed by atoms with van der Waals surface area (Å²) >= 11 is 0. The fraction of sp³-hybridized carbons (Fsp3) is 0.214. The topological polar surface area (TPSA) is 450 Å². The van der Waals surface area contributed by atoms with Gasteiger partial charge in [0.2, 0.25) is 0 Å². The number of ether oxygens (including phenoxy) is 1. The number of rotatable bonds is 20. The molecule has 4 rings (SSSR count). The molecule has 0 saturated heterocycles. The molecule has 0 aliphatic rings. The second-order valence-corrected chi connectivity index (χ2v) is 22.6. The first-order valence-corrected chi connectivity index (χ1v) is 26.6. The largest absolute Gasteiger partial charge is 0.505 e. The first kappa shape index (κ1) is 50.8. The van der Waals surface area contributed by atoms with E-state index in [9.17, 15) is 77.7 Å². The van der Waals surface area contributed by atoms with Crippen LogP contribution in [0.4, 0.5) is 28.4 Å². The third-order valence-corrected chi connectivity index (χ3v) is 14.2. The van der Waals surface area contributed by atoms with Crippen molar-refractivity contribution in [2.75, 3.05) is 43.0 Å². The zero-order valence-electron chi connectivity index (χ0n) is 31.0. The van der Waals surface area contributed by atoms with Crippen molar-refractivity contribution >= 4 is 110 Å². The van der Waals surface area contributed by atoms with Crippen molar-refractivity contribution in [2.24, 2.45) is 20.5 Å². The van der Waals surface area contributed by atoms with Crippen LogP contribution in [-0.2, 0) is 79.2 Å². The highest BCUT2D eigenvalue weighted by atomic mass is 32.3. The average molecular weight is 1030 g/mol. The van der Waals surface area contributed by atoms with Crippen LogP contribution in [0.3, 0.4) is 0 Å². The van der Waals surface area contributed by atoms with Crippen LogP contribution in [0.25, 0.3) is 10.8 Å². The van der Waals surface area contributed by atoms with E-state index in [1.807, 2.05) is 0 Å². The minimum absolute atomic E-state index is 0.209. The molecule has 0 atom stereocenters. The second kappa shape index (κ2) is 18.7. The molecule has 0 bridgehead atoms. The molecule has 63 heavy (non-hydrogen) atoms. The normalized spacial score (nSPS) is 13.6. The Morgan fingerprint density at radius 2 is 1.06 bits per heavy atom. The Hall–Kier alpha value is -4.89. The van der Waals surface area contributed by atoms with Gasteiger partial charge in [-0.3, -0.25) is 22.8 Å². The number of nitrogens with one attached hydrogen (secondary N) is 1. The number of hydrogen-bond donors (Lipinski definition) is 7. The summed E-state index contributed by atoms with van der Waals surface area (Å²) in [5, 5.41) is 27.5. The summed E-state index contributed by atoms with van der Waals surface area (Å²) in [6.45, 7) is -2.14. The fourth-order valence-electron chi connectivity index (χ4n) is 4.98. The van der Waals surface area contributed by atoms with Crippen molar-refractivity contribution in [2.45, 2.75) is 19.6 Å². The minimum Gasteiger partial charge on any atom is -0.505 e. The third-order valence-electron chi connectivity index (χ3n) is 7.69. The molecule has 4 aromatic carbocycles. The lowest BCUT2D eigenvalue weighted by molar-refractivity contribution is 0.282. The molecule has 0 saturated carbocycles. The van der Waals surface area contributed by atoms with E-state index in [-0.39, 0.29) is 5.75 Å². The van der Waals surface area contributed by atoms with Gasteiger partial charge in [0.15, 0.2) is 25.4 Å². The maximum absolute atomic E-state index is 12.8. The number of phenols is 1. The van der Waals surface area contributed by atoms with E-state index in [2.05, 4.69) is 34.1 Å². The smallest absolute Gasteiger partial charge is 0.397 e. The van der Waals surface area contributed by atoms with E-state index in [4.69, 9.17) is 13.8 Å². The molecule has 0 heterocycles. The quantitative estimate of drug-likeness (QED) is 0.0493. The summed E-state index contributed by atoms with van der Waals surface area (Å²) in [5.74, 6) is -4.73. The number of fused-ring (bicyclic) bond motifs is 1. The second-order valence-electron chi connectivity index (χ2n) is 12.0. The molecule has 4 aromatic rings.